The molecule has 1 saturated heterocycles. The SMILES string of the molecule is O=C(Sc1cc[nH]n1)N1CCCCC1. The largest absolute Gasteiger partial charge is 0.333 e. The number of amides is 1. The molecule has 0 unspecified atom stereocenters. The number of nitrogens with zero attached hydrogens (tertiary/aromatic N) is 2. The zero-order valence-corrected chi connectivity index (χ0v) is 8.72. The molecule has 1 aliphatic heterocycles. The van der Waals surface area contributed by atoms with E-state index in [2.05, 4.69) is 10.2 Å². The van der Waals surface area contributed by atoms with Gasteiger partial charge in [0, 0.05) is 19.3 Å². The van der Waals surface area contributed by atoms with E-state index in [0.29, 0.717) is 0 Å². The van der Waals surface area contributed by atoms with Gasteiger partial charge in [-0.05, 0) is 37.1 Å². The number of piperidine rings is 1. The number of H-pyrrole nitrogens is 1. The third-order valence-corrected chi connectivity index (χ3v) is 3.15. The number of carbonyl (C=O) groups excluding carboxylic acids is 1. The molecule has 1 N–H and O–H groups in total. The number of carbonyl (C=O) groups is 1. The van der Waals surface area contributed by atoms with Gasteiger partial charge in [-0.1, -0.05) is 0 Å². The van der Waals surface area contributed by atoms with E-state index in [1.807, 2.05) is 11.0 Å². The summed E-state index contributed by atoms with van der Waals surface area (Å²) in [5, 5.41) is 7.51. The van der Waals surface area contributed by atoms with Gasteiger partial charge in [-0.3, -0.25) is 9.89 Å². The highest BCUT2D eigenvalue weighted by molar-refractivity contribution is 8.13. The minimum Gasteiger partial charge on any atom is -0.333 e. The van der Waals surface area contributed by atoms with Crippen molar-refractivity contribution in [2.75, 3.05) is 13.1 Å². The van der Waals surface area contributed by atoms with Crippen molar-refractivity contribution >= 4 is 17.0 Å². The maximum Gasteiger partial charge on any atom is 0.287 e. The maximum absolute atomic E-state index is 11.7. The lowest BCUT2D eigenvalue weighted by Gasteiger charge is -2.25. The Labute approximate surface area is 87.1 Å². The zero-order chi connectivity index (χ0) is 9.80. The molecular weight excluding hydrogens is 198 g/mol. The summed E-state index contributed by atoms with van der Waals surface area (Å²) >= 11 is 1.20. The minimum atomic E-state index is 0.122. The monoisotopic (exact) mass is 211 g/mol. The van der Waals surface area contributed by atoms with Gasteiger partial charge in [0.25, 0.3) is 5.24 Å². The number of thioether (sulfide) groups is 1. The fraction of sp³-hybridized carbons (Fsp3) is 0.556. The van der Waals surface area contributed by atoms with E-state index in [9.17, 15) is 4.79 Å². The van der Waals surface area contributed by atoms with Crippen LogP contribution in [-0.2, 0) is 0 Å². The molecule has 1 fully saturated rings. The van der Waals surface area contributed by atoms with Crippen LogP contribution in [0.3, 0.4) is 0 Å². The second-order valence-electron chi connectivity index (χ2n) is 3.33. The van der Waals surface area contributed by atoms with E-state index in [0.717, 1.165) is 31.0 Å². The van der Waals surface area contributed by atoms with Crippen molar-refractivity contribution in [3.8, 4) is 0 Å². The quantitative estimate of drug-likeness (QED) is 0.724. The molecule has 14 heavy (non-hydrogen) atoms. The highest BCUT2D eigenvalue weighted by atomic mass is 32.2. The van der Waals surface area contributed by atoms with Crippen molar-refractivity contribution in [1.82, 2.24) is 15.1 Å². The third-order valence-electron chi connectivity index (χ3n) is 2.28. The molecule has 0 atom stereocenters. The van der Waals surface area contributed by atoms with Gasteiger partial charge in [-0.2, -0.15) is 5.10 Å². The number of nitrogens with one attached hydrogen (secondary N) is 1. The smallest absolute Gasteiger partial charge is 0.287 e. The summed E-state index contributed by atoms with van der Waals surface area (Å²) in [4.78, 5) is 13.6. The van der Waals surface area contributed by atoms with E-state index < -0.39 is 0 Å². The van der Waals surface area contributed by atoms with Crippen molar-refractivity contribution < 1.29 is 4.79 Å². The zero-order valence-electron chi connectivity index (χ0n) is 7.90. The lowest BCUT2D eigenvalue weighted by Crippen LogP contribution is -2.32. The van der Waals surface area contributed by atoms with Gasteiger partial charge >= 0.3 is 0 Å². The molecule has 0 aliphatic carbocycles. The second-order valence-corrected chi connectivity index (χ2v) is 4.30. The molecule has 1 aromatic rings. The Hall–Kier alpha value is -0.970. The van der Waals surface area contributed by atoms with Gasteiger partial charge in [0.15, 0.2) is 0 Å². The molecule has 0 aromatic carbocycles. The fourth-order valence-corrected chi connectivity index (χ4v) is 2.26. The molecule has 1 aliphatic rings. The Kier molecular flexibility index (Phi) is 3.08. The third kappa shape index (κ3) is 2.29. The highest BCUT2D eigenvalue weighted by Gasteiger charge is 2.17. The van der Waals surface area contributed by atoms with Crippen molar-refractivity contribution in [2.45, 2.75) is 24.3 Å². The average molecular weight is 211 g/mol. The molecule has 0 saturated carbocycles. The van der Waals surface area contributed by atoms with Crippen LogP contribution in [0.2, 0.25) is 0 Å². The summed E-state index contributed by atoms with van der Waals surface area (Å²) < 4.78 is 0. The number of rotatable bonds is 1. The van der Waals surface area contributed by atoms with E-state index >= 15 is 0 Å². The number of hydrogen-bond donors (Lipinski definition) is 1. The van der Waals surface area contributed by atoms with Gasteiger partial charge in [0.1, 0.15) is 5.03 Å². The molecule has 4 nitrogen and oxygen atoms in total. The van der Waals surface area contributed by atoms with Gasteiger partial charge in [-0.25, -0.2) is 0 Å². The van der Waals surface area contributed by atoms with Crippen molar-refractivity contribution in [2.24, 2.45) is 0 Å². The number of aromatic nitrogens is 2. The maximum atomic E-state index is 11.7. The number of likely N-dealkylation sites (tertiary alicyclic amines) is 1. The van der Waals surface area contributed by atoms with Crippen LogP contribution in [0, 0.1) is 0 Å². The van der Waals surface area contributed by atoms with E-state index in [1.165, 1.54) is 18.2 Å². The molecule has 2 rings (SSSR count). The van der Waals surface area contributed by atoms with Crippen LogP contribution in [0.25, 0.3) is 0 Å². The van der Waals surface area contributed by atoms with Crippen molar-refractivity contribution in [3.63, 3.8) is 0 Å². The first-order valence-corrected chi connectivity index (χ1v) is 5.64. The first-order chi connectivity index (χ1) is 6.86. The Bertz CT molecular complexity index is 293. The van der Waals surface area contributed by atoms with E-state index in [1.54, 1.807) is 6.20 Å². The second kappa shape index (κ2) is 4.50. The van der Waals surface area contributed by atoms with Gasteiger partial charge in [0.05, 0.1) is 0 Å². The molecule has 1 aromatic heterocycles. The first kappa shape index (κ1) is 9.58. The lowest BCUT2D eigenvalue weighted by molar-refractivity contribution is 0.211. The van der Waals surface area contributed by atoms with E-state index in [-0.39, 0.29) is 5.24 Å². The lowest BCUT2D eigenvalue weighted by atomic mass is 10.1. The highest BCUT2D eigenvalue weighted by Crippen LogP contribution is 2.21. The Balaban J connectivity index is 1.88. The first-order valence-electron chi connectivity index (χ1n) is 4.83. The molecule has 0 radical (unpaired) electrons. The summed E-state index contributed by atoms with van der Waals surface area (Å²) in [6.07, 6.45) is 5.24. The topological polar surface area (TPSA) is 49.0 Å². The molecule has 5 heteroatoms. The Morgan fingerprint density at radius 3 is 2.86 bits per heavy atom. The molecule has 0 spiro atoms. The van der Waals surface area contributed by atoms with Gasteiger partial charge in [0.2, 0.25) is 0 Å². The molecule has 76 valence electrons. The van der Waals surface area contributed by atoms with Crippen LogP contribution < -0.4 is 0 Å². The molecule has 1 amide bonds. The average Bonchev–Trinajstić information content (AvgIpc) is 2.72. The van der Waals surface area contributed by atoms with Crippen LogP contribution in [0.4, 0.5) is 4.79 Å². The summed E-state index contributed by atoms with van der Waals surface area (Å²) in [5.74, 6) is 0. The van der Waals surface area contributed by atoms with Crippen LogP contribution in [0.5, 0.6) is 0 Å². The van der Waals surface area contributed by atoms with Crippen LogP contribution >= 0.6 is 11.8 Å². The van der Waals surface area contributed by atoms with Crippen LogP contribution in [-0.4, -0.2) is 33.4 Å². The van der Waals surface area contributed by atoms with E-state index in [4.69, 9.17) is 0 Å². The number of hydrogen-bond acceptors (Lipinski definition) is 3. The fourth-order valence-electron chi connectivity index (χ4n) is 1.53. The van der Waals surface area contributed by atoms with Crippen molar-refractivity contribution in [1.29, 1.82) is 0 Å². The Morgan fingerprint density at radius 2 is 2.21 bits per heavy atom. The Morgan fingerprint density at radius 1 is 1.43 bits per heavy atom. The van der Waals surface area contributed by atoms with Gasteiger partial charge in [-0.15, -0.1) is 0 Å². The summed E-state index contributed by atoms with van der Waals surface area (Å²) in [6.45, 7) is 1.80. The minimum absolute atomic E-state index is 0.122. The molecule has 2 heterocycles. The standard InChI is InChI=1S/C9H13N3OS/c13-9(12-6-2-1-3-7-12)14-8-4-5-10-11-8/h4-5H,1-3,6-7H2,(H,10,11). The van der Waals surface area contributed by atoms with Crippen LogP contribution in [0.15, 0.2) is 17.3 Å². The summed E-state index contributed by atoms with van der Waals surface area (Å²) in [5.41, 5.74) is 0. The summed E-state index contributed by atoms with van der Waals surface area (Å²) in [7, 11) is 0. The normalized spacial score (nSPS) is 17.0. The molecular formula is C9H13N3OS. The number of aromatic amines is 1. The van der Waals surface area contributed by atoms with Crippen LogP contribution in [0.1, 0.15) is 19.3 Å². The predicted molar refractivity (Wildman–Crippen MR) is 55.3 cm³/mol. The predicted octanol–water partition coefficient (Wildman–Crippen LogP) is 2.11. The molecule has 0 bridgehead atoms. The summed E-state index contributed by atoms with van der Waals surface area (Å²) in [6, 6.07) is 1.81. The van der Waals surface area contributed by atoms with Crippen molar-refractivity contribution in [3.05, 3.63) is 12.3 Å². The van der Waals surface area contributed by atoms with Gasteiger partial charge < -0.3 is 4.90 Å².